The van der Waals surface area contributed by atoms with Gasteiger partial charge in [0, 0.05) is 6.54 Å². The summed E-state index contributed by atoms with van der Waals surface area (Å²) < 4.78 is 5.18. The van der Waals surface area contributed by atoms with Crippen molar-refractivity contribution in [1.29, 1.82) is 0 Å². The Morgan fingerprint density at radius 1 is 1.03 bits per heavy atom. The van der Waals surface area contributed by atoms with Crippen LogP contribution < -0.4 is 21.7 Å². The number of unbranched alkanes of at least 4 members (excludes halogenated alkanes) is 1. The molecule has 1 aromatic rings. The number of benzene rings is 1. The number of aldehydes is 1. The Hall–Kier alpha value is -2.94. The van der Waals surface area contributed by atoms with Crippen molar-refractivity contribution in [2.45, 2.75) is 84.5 Å². The largest absolute Gasteiger partial charge is 0.445 e. The molecule has 0 aromatic heterocycles. The van der Waals surface area contributed by atoms with Crippen LogP contribution in [0.1, 0.15) is 65.4 Å². The van der Waals surface area contributed by atoms with Crippen LogP contribution in [0, 0.1) is 11.8 Å². The Balaban J connectivity index is 2.56. The lowest BCUT2D eigenvalue weighted by Crippen LogP contribution is -2.54. The molecule has 9 heteroatoms. The van der Waals surface area contributed by atoms with Crippen molar-refractivity contribution < 1.29 is 23.9 Å². The third-order valence-corrected chi connectivity index (χ3v) is 5.81. The molecule has 196 valence electrons. The van der Waals surface area contributed by atoms with Gasteiger partial charge in [-0.25, -0.2) is 4.79 Å². The van der Waals surface area contributed by atoms with Crippen LogP contribution in [0.15, 0.2) is 30.3 Å². The Kier molecular flexibility index (Phi) is 14.3. The maximum absolute atomic E-state index is 12.9. The number of amides is 3. The molecule has 9 nitrogen and oxygen atoms in total. The van der Waals surface area contributed by atoms with Gasteiger partial charge in [0.1, 0.15) is 18.9 Å². The topological polar surface area (TPSA) is 140 Å². The molecule has 0 fully saturated rings. The van der Waals surface area contributed by atoms with Crippen LogP contribution in [0.2, 0.25) is 0 Å². The van der Waals surface area contributed by atoms with E-state index in [1.54, 1.807) is 0 Å². The quantitative estimate of drug-likeness (QED) is 0.207. The highest BCUT2D eigenvalue weighted by Crippen LogP contribution is 2.09. The van der Waals surface area contributed by atoms with Crippen LogP contribution in [0.3, 0.4) is 0 Å². The van der Waals surface area contributed by atoms with E-state index in [0.29, 0.717) is 32.2 Å². The first-order chi connectivity index (χ1) is 16.7. The second-order valence-corrected chi connectivity index (χ2v) is 9.34. The monoisotopic (exact) mass is 490 g/mol. The first kappa shape index (κ1) is 30.1. The highest BCUT2D eigenvalue weighted by Gasteiger charge is 2.27. The van der Waals surface area contributed by atoms with E-state index in [1.165, 1.54) is 0 Å². The van der Waals surface area contributed by atoms with Gasteiger partial charge < -0.3 is 31.2 Å². The molecular weight excluding hydrogens is 448 g/mol. The van der Waals surface area contributed by atoms with E-state index in [1.807, 2.05) is 58.0 Å². The SMILES string of the molecule is CC[C@H](C)[C@@H](C=O)NC(=O)[C@@H](CCCCNC(=O)OCc1ccccc1)NC(=O)[C@@H](N)CC(C)C. The van der Waals surface area contributed by atoms with E-state index >= 15 is 0 Å². The summed E-state index contributed by atoms with van der Waals surface area (Å²) in [7, 11) is 0. The van der Waals surface area contributed by atoms with Crippen molar-refractivity contribution in [3.63, 3.8) is 0 Å². The fourth-order valence-electron chi connectivity index (χ4n) is 3.43. The highest BCUT2D eigenvalue weighted by atomic mass is 16.5. The van der Waals surface area contributed by atoms with E-state index in [2.05, 4.69) is 16.0 Å². The van der Waals surface area contributed by atoms with Gasteiger partial charge in [-0.15, -0.1) is 0 Å². The summed E-state index contributed by atoms with van der Waals surface area (Å²) in [6.45, 7) is 8.31. The van der Waals surface area contributed by atoms with Crippen LogP contribution in [0.4, 0.5) is 4.79 Å². The molecule has 0 radical (unpaired) electrons. The van der Waals surface area contributed by atoms with Gasteiger partial charge in [0.15, 0.2) is 0 Å². The maximum atomic E-state index is 12.9. The maximum Gasteiger partial charge on any atom is 0.407 e. The van der Waals surface area contributed by atoms with Gasteiger partial charge in [-0.1, -0.05) is 64.4 Å². The average molecular weight is 491 g/mol. The fraction of sp³-hybridized carbons (Fsp3) is 0.615. The Morgan fingerprint density at radius 2 is 1.71 bits per heavy atom. The Bertz CT molecular complexity index is 787. The minimum absolute atomic E-state index is 0.0258. The second kappa shape index (κ2) is 16.6. The van der Waals surface area contributed by atoms with Crippen molar-refractivity contribution >= 4 is 24.2 Å². The molecule has 0 unspecified atom stereocenters. The molecule has 3 amide bonds. The van der Waals surface area contributed by atoms with E-state index < -0.39 is 36.0 Å². The molecule has 1 aromatic carbocycles. The summed E-state index contributed by atoms with van der Waals surface area (Å²) in [5.74, 6) is -0.599. The Labute approximate surface area is 208 Å². The number of alkyl carbamates (subject to hydrolysis) is 1. The van der Waals surface area contributed by atoms with Crippen molar-refractivity contribution in [2.75, 3.05) is 6.54 Å². The molecule has 0 saturated heterocycles. The van der Waals surface area contributed by atoms with Crippen LogP contribution in [0.5, 0.6) is 0 Å². The Morgan fingerprint density at radius 3 is 2.31 bits per heavy atom. The molecule has 0 saturated carbocycles. The number of nitrogens with two attached hydrogens (primary N) is 1. The fourth-order valence-corrected chi connectivity index (χ4v) is 3.43. The first-order valence-electron chi connectivity index (χ1n) is 12.4. The zero-order valence-corrected chi connectivity index (χ0v) is 21.4. The number of nitrogens with one attached hydrogen (secondary N) is 3. The molecule has 0 aliphatic heterocycles. The summed E-state index contributed by atoms with van der Waals surface area (Å²) >= 11 is 0. The van der Waals surface area contributed by atoms with Gasteiger partial charge in [-0.05, 0) is 43.1 Å². The molecule has 0 aliphatic rings. The van der Waals surface area contributed by atoms with Crippen molar-refractivity contribution in [1.82, 2.24) is 16.0 Å². The normalized spacial score (nSPS) is 14.3. The van der Waals surface area contributed by atoms with Gasteiger partial charge in [0.05, 0.1) is 12.1 Å². The summed E-state index contributed by atoms with van der Waals surface area (Å²) in [5, 5.41) is 8.17. The lowest BCUT2D eigenvalue weighted by atomic mass is 9.99. The number of carbonyl (C=O) groups excluding carboxylic acids is 4. The lowest BCUT2D eigenvalue weighted by Gasteiger charge is -2.25. The number of rotatable bonds is 16. The number of ether oxygens (including phenoxy) is 1. The van der Waals surface area contributed by atoms with Gasteiger partial charge in [0.2, 0.25) is 11.8 Å². The molecule has 0 spiro atoms. The van der Waals surface area contributed by atoms with Gasteiger partial charge in [-0.3, -0.25) is 9.59 Å². The number of hydrogen-bond donors (Lipinski definition) is 4. The molecule has 0 heterocycles. The van der Waals surface area contributed by atoms with Crippen LogP contribution in [-0.4, -0.2) is 48.9 Å². The molecule has 35 heavy (non-hydrogen) atoms. The smallest absolute Gasteiger partial charge is 0.407 e. The van der Waals surface area contributed by atoms with E-state index in [-0.39, 0.29) is 18.4 Å². The van der Waals surface area contributed by atoms with E-state index in [4.69, 9.17) is 10.5 Å². The minimum Gasteiger partial charge on any atom is -0.445 e. The third kappa shape index (κ3) is 12.4. The standard InChI is InChI=1S/C26H42N4O5/c1-5-19(4)23(16-31)30-25(33)22(29-24(32)21(27)15-18(2)3)13-9-10-14-28-26(34)35-17-20-11-7-6-8-12-20/h6-8,11-12,16,18-19,21-23H,5,9-10,13-15,17,27H2,1-4H3,(H,28,34)(H,29,32)(H,30,33)/t19-,21-,22+,23+/m0/s1. The zero-order chi connectivity index (χ0) is 26.2. The summed E-state index contributed by atoms with van der Waals surface area (Å²) in [4.78, 5) is 48.8. The first-order valence-corrected chi connectivity index (χ1v) is 12.4. The lowest BCUT2D eigenvalue weighted by molar-refractivity contribution is -0.131. The van der Waals surface area contributed by atoms with Crippen LogP contribution in [0.25, 0.3) is 0 Å². The van der Waals surface area contributed by atoms with Crippen molar-refractivity contribution in [3.05, 3.63) is 35.9 Å². The third-order valence-electron chi connectivity index (χ3n) is 5.81. The summed E-state index contributed by atoms with van der Waals surface area (Å²) in [6.07, 6.45) is 2.93. The summed E-state index contributed by atoms with van der Waals surface area (Å²) in [5.41, 5.74) is 6.88. The van der Waals surface area contributed by atoms with Crippen LogP contribution >= 0.6 is 0 Å². The minimum atomic E-state index is -0.822. The van der Waals surface area contributed by atoms with Gasteiger partial charge in [-0.2, -0.15) is 0 Å². The molecule has 1 rings (SSSR count). The predicted octanol–water partition coefficient (Wildman–Crippen LogP) is 2.67. The summed E-state index contributed by atoms with van der Waals surface area (Å²) in [6, 6.07) is 7.21. The second-order valence-electron chi connectivity index (χ2n) is 9.34. The zero-order valence-electron chi connectivity index (χ0n) is 21.4. The predicted molar refractivity (Wildman–Crippen MR) is 135 cm³/mol. The molecular formula is C26H42N4O5. The van der Waals surface area contributed by atoms with Gasteiger partial charge >= 0.3 is 6.09 Å². The van der Waals surface area contributed by atoms with Crippen LogP contribution in [-0.2, 0) is 25.7 Å². The molecule has 0 aliphatic carbocycles. The van der Waals surface area contributed by atoms with Crippen molar-refractivity contribution in [3.8, 4) is 0 Å². The molecule has 0 bridgehead atoms. The average Bonchev–Trinajstić information content (AvgIpc) is 2.84. The van der Waals surface area contributed by atoms with E-state index in [0.717, 1.165) is 18.3 Å². The highest BCUT2D eigenvalue weighted by molar-refractivity contribution is 5.90. The van der Waals surface area contributed by atoms with Gasteiger partial charge in [0.25, 0.3) is 0 Å². The molecule has 5 N–H and O–H groups in total. The molecule has 4 atom stereocenters. The van der Waals surface area contributed by atoms with E-state index in [9.17, 15) is 19.2 Å². The number of hydrogen-bond acceptors (Lipinski definition) is 6. The number of carbonyl (C=O) groups is 4. The van der Waals surface area contributed by atoms with Crippen molar-refractivity contribution in [2.24, 2.45) is 17.6 Å².